The first-order valence-electron chi connectivity index (χ1n) is 8.24. The summed E-state index contributed by atoms with van der Waals surface area (Å²) in [6.45, 7) is 2.10. The van der Waals surface area contributed by atoms with Gasteiger partial charge in [0.05, 0.1) is 16.9 Å². The highest BCUT2D eigenvalue weighted by Gasteiger charge is 2.15. The highest BCUT2D eigenvalue weighted by molar-refractivity contribution is 5.86. The average molecular weight is 333 g/mol. The summed E-state index contributed by atoms with van der Waals surface area (Å²) < 4.78 is 4.67. The maximum Gasteiger partial charge on any atom is 0.330 e. The Morgan fingerprint density at radius 3 is 2.36 bits per heavy atom. The molecule has 126 valence electrons. The summed E-state index contributed by atoms with van der Waals surface area (Å²) in [7, 11) is 3.20. The molecule has 0 saturated carbocycles. The molecule has 5 nitrogen and oxygen atoms in total. The minimum Gasteiger partial charge on any atom is -0.344 e. The molecule has 0 aliphatic heterocycles. The quantitative estimate of drug-likeness (QED) is 0.566. The highest BCUT2D eigenvalue weighted by Crippen LogP contribution is 2.28. The van der Waals surface area contributed by atoms with Gasteiger partial charge >= 0.3 is 5.69 Å². The number of fused-ring (bicyclic) bond motifs is 2. The van der Waals surface area contributed by atoms with Crippen molar-refractivity contribution in [1.82, 2.24) is 13.7 Å². The summed E-state index contributed by atoms with van der Waals surface area (Å²) in [5.74, 6) is 0. The predicted molar refractivity (Wildman–Crippen MR) is 100 cm³/mol. The molecule has 25 heavy (non-hydrogen) atoms. The minimum absolute atomic E-state index is 0.0401. The number of benzene rings is 2. The monoisotopic (exact) mass is 333 g/mol. The van der Waals surface area contributed by atoms with Crippen LogP contribution in [0.25, 0.3) is 21.7 Å². The second-order valence-electron chi connectivity index (χ2n) is 6.45. The molecule has 4 rings (SSSR count). The zero-order valence-corrected chi connectivity index (χ0v) is 14.4. The molecule has 0 N–H and O–H groups in total. The van der Waals surface area contributed by atoms with Gasteiger partial charge in [-0.1, -0.05) is 42.5 Å². The van der Waals surface area contributed by atoms with E-state index < -0.39 is 0 Å². The number of aromatic nitrogens is 3. The van der Waals surface area contributed by atoms with Crippen LogP contribution < -0.4 is 11.2 Å². The van der Waals surface area contributed by atoms with Crippen LogP contribution in [0.3, 0.4) is 0 Å². The molecule has 4 aromatic rings. The van der Waals surface area contributed by atoms with Gasteiger partial charge in [0.15, 0.2) is 0 Å². The first-order chi connectivity index (χ1) is 12.0. The van der Waals surface area contributed by atoms with E-state index in [4.69, 9.17) is 0 Å². The molecule has 1 unspecified atom stereocenters. The van der Waals surface area contributed by atoms with Crippen molar-refractivity contribution in [1.29, 1.82) is 0 Å². The lowest BCUT2D eigenvalue weighted by Crippen LogP contribution is -2.36. The third-order valence-electron chi connectivity index (χ3n) is 5.02. The fourth-order valence-electron chi connectivity index (χ4n) is 3.49. The highest BCUT2D eigenvalue weighted by atomic mass is 16.2. The van der Waals surface area contributed by atoms with Gasteiger partial charge in [0.25, 0.3) is 5.56 Å². The molecule has 0 bridgehead atoms. The Bertz CT molecular complexity index is 1220. The van der Waals surface area contributed by atoms with Crippen LogP contribution in [-0.4, -0.2) is 13.7 Å². The van der Waals surface area contributed by atoms with Crippen LogP contribution in [0.2, 0.25) is 0 Å². The molecule has 2 heterocycles. The molecule has 1 atom stereocenters. The van der Waals surface area contributed by atoms with Crippen LogP contribution in [0.1, 0.15) is 18.5 Å². The van der Waals surface area contributed by atoms with Crippen molar-refractivity contribution in [2.45, 2.75) is 13.0 Å². The summed E-state index contributed by atoms with van der Waals surface area (Å²) in [6.07, 6.45) is 3.72. The average Bonchev–Trinajstić information content (AvgIpc) is 3.09. The lowest BCUT2D eigenvalue weighted by molar-refractivity contribution is 0.649. The number of rotatable bonds is 2. The normalized spacial score (nSPS) is 12.8. The van der Waals surface area contributed by atoms with Gasteiger partial charge in [-0.15, -0.1) is 0 Å². The molecular formula is C20H19N3O2. The maximum absolute atomic E-state index is 12.4. The van der Waals surface area contributed by atoms with Crippen LogP contribution in [0.15, 0.2) is 64.4 Å². The van der Waals surface area contributed by atoms with E-state index in [1.165, 1.54) is 28.0 Å². The van der Waals surface area contributed by atoms with Crippen LogP contribution in [0, 0.1) is 0 Å². The molecule has 0 radical (unpaired) electrons. The molecular weight excluding hydrogens is 314 g/mol. The van der Waals surface area contributed by atoms with Gasteiger partial charge in [0, 0.05) is 26.5 Å². The molecule has 0 saturated heterocycles. The van der Waals surface area contributed by atoms with E-state index in [0.717, 1.165) is 4.57 Å². The fraction of sp³-hybridized carbons (Fsp3) is 0.200. The Kier molecular flexibility index (Phi) is 3.39. The van der Waals surface area contributed by atoms with Gasteiger partial charge in [0.1, 0.15) is 0 Å². The molecule has 0 amide bonds. The van der Waals surface area contributed by atoms with E-state index in [2.05, 4.69) is 31.2 Å². The number of hydrogen-bond acceptors (Lipinski definition) is 2. The summed E-state index contributed by atoms with van der Waals surface area (Å²) in [5.41, 5.74) is 1.26. The Morgan fingerprint density at radius 2 is 1.56 bits per heavy atom. The summed E-state index contributed by atoms with van der Waals surface area (Å²) in [5, 5.41) is 2.93. The van der Waals surface area contributed by atoms with Crippen molar-refractivity contribution in [3.05, 3.63) is 81.3 Å². The van der Waals surface area contributed by atoms with E-state index in [0.29, 0.717) is 10.9 Å². The third kappa shape index (κ3) is 2.23. The largest absolute Gasteiger partial charge is 0.344 e. The predicted octanol–water partition coefficient (Wildman–Crippen LogP) is 2.80. The van der Waals surface area contributed by atoms with Crippen LogP contribution in [0.4, 0.5) is 0 Å². The number of aryl methyl sites for hydroxylation is 1. The standard InChI is InChI=1S/C20H19N3O2/c1-13(15-10-6-8-14-7-4-5-9-16(14)15)23-11-17-18(12-23)21(2)20(25)22(3)19(17)24/h4-13H,1-3H3. The van der Waals surface area contributed by atoms with Crippen molar-refractivity contribution in [3.8, 4) is 0 Å². The smallest absolute Gasteiger partial charge is 0.330 e. The second-order valence-corrected chi connectivity index (χ2v) is 6.45. The van der Waals surface area contributed by atoms with Gasteiger partial charge in [-0.05, 0) is 23.3 Å². The SMILES string of the molecule is CC(c1cccc2ccccc12)n1cc2c(=O)n(C)c(=O)n(C)c2c1. The van der Waals surface area contributed by atoms with E-state index in [1.54, 1.807) is 7.05 Å². The zero-order valence-electron chi connectivity index (χ0n) is 14.4. The summed E-state index contributed by atoms with van der Waals surface area (Å²) >= 11 is 0. The number of hydrogen-bond donors (Lipinski definition) is 0. The minimum atomic E-state index is -0.312. The van der Waals surface area contributed by atoms with E-state index in [9.17, 15) is 9.59 Å². The van der Waals surface area contributed by atoms with E-state index >= 15 is 0 Å². The first-order valence-corrected chi connectivity index (χ1v) is 8.24. The molecule has 0 aliphatic carbocycles. The lowest BCUT2D eigenvalue weighted by atomic mass is 10.00. The zero-order chi connectivity index (χ0) is 17.7. The van der Waals surface area contributed by atoms with Crippen molar-refractivity contribution in [3.63, 3.8) is 0 Å². The fourth-order valence-corrected chi connectivity index (χ4v) is 3.49. The molecule has 2 aromatic heterocycles. The van der Waals surface area contributed by atoms with Crippen LogP contribution in [-0.2, 0) is 14.1 Å². The number of nitrogens with zero attached hydrogens (tertiary/aromatic N) is 3. The molecule has 5 heteroatoms. The third-order valence-corrected chi connectivity index (χ3v) is 5.02. The van der Waals surface area contributed by atoms with E-state index in [1.807, 2.05) is 35.2 Å². The van der Waals surface area contributed by atoms with Crippen molar-refractivity contribution in [2.24, 2.45) is 14.1 Å². The second kappa shape index (κ2) is 5.48. The Morgan fingerprint density at radius 1 is 0.840 bits per heavy atom. The van der Waals surface area contributed by atoms with Crippen LogP contribution in [0.5, 0.6) is 0 Å². The van der Waals surface area contributed by atoms with E-state index in [-0.39, 0.29) is 17.3 Å². The molecule has 0 spiro atoms. The summed E-state index contributed by atoms with van der Waals surface area (Å²) in [4.78, 5) is 24.6. The van der Waals surface area contributed by atoms with Gasteiger partial charge in [-0.2, -0.15) is 0 Å². The van der Waals surface area contributed by atoms with Gasteiger partial charge in [-0.25, -0.2) is 4.79 Å². The Balaban J connectivity index is 1.95. The maximum atomic E-state index is 12.4. The molecule has 2 aromatic carbocycles. The van der Waals surface area contributed by atoms with Crippen molar-refractivity contribution < 1.29 is 0 Å². The summed E-state index contributed by atoms with van der Waals surface area (Å²) in [6, 6.07) is 14.6. The van der Waals surface area contributed by atoms with Crippen molar-refractivity contribution in [2.75, 3.05) is 0 Å². The topological polar surface area (TPSA) is 48.9 Å². The van der Waals surface area contributed by atoms with Gasteiger partial charge in [-0.3, -0.25) is 13.9 Å². The van der Waals surface area contributed by atoms with Crippen molar-refractivity contribution >= 4 is 21.7 Å². The molecule has 0 fully saturated rings. The Labute approximate surface area is 144 Å². The molecule has 0 aliphatic rings. The first kappa shape index (κ1) is 15.4. The van der Waals surface area contributed by atoms with Crippen LogP contribution >= 0.6 is 0 Å². The Hall–Kier alpha value is -3.08. The van der Waals surface area contributed by atoms with Gasteiger partial charge in [0.2, 0.25) is 0 Å². The van der Waals surface area contributed by atoms with Gasteiger partial charge < -0.3 is 4.57 Å². The lowest BCUT2D eigenvalue weighted by Gasteiger charge is -2.16.